The first-order valence-electron chi connectivity index (χ1n) is 17.2. The van der Waals surface area contributed by atoms with Crippen LogP contribution in [0.4, 0.5) is 37.7 Å². The molecule has 0 unspecified atom stereocenters. The maximum absolute atomic E-state index is 14.0. The number of hydrogen-bond donors (Lipinski definition) is 0. The average molecular weight is 869 g/mol. The van der Waals surface area contributed by atoms with Crippen LogP contribution in [0.5, 0.6) is 0 Å². The summed E-state index contributed by atoms with van der Waals surface area (Å²) < 4.78 is 155. The van der Waals surface area contributed by atoms with E-state index < -0.39 is 60.2 Å². The second-order valence-corrected chi connectivity index (χ2v) is 16.2. The van der Waals surface area contributed by atoms with E-state index in [-0.39, 0.29) is 73.2 Å². The van der Waals surface area contributed by atoms with Crippen molar-refractivity contribution in [3.05, 3.63) is 112 Å². The molecule has 302 valence electrons. The van der Waals surface area contributed by atoms with Crippen LogP contribution in [0.15, 0.2) is 84.7 Å². The van der Waals surface area contributed by atoms with Gasteiger partial charge in [0.15, 0.2) is 11.0 Å². The Kier molecular flexibility index (Phi) is 14.9. The van der Waals surface area contributed by atoms with E-state index >= 15 is 0 Å². The van der Waals surface area contributed by atoms with E-state index in [1.807, 2.05) is 0 Å². The summed E-state index contributed by atoms with van der Waals surface area (Å²) in [7, 11) is -9.27. The fraction of sp³-hybridized carbons (Fsp3) is 0.324. The first-order chi connectivity index (χ1) is 26.1. The number of halogens is 7. The van der Waals surface area contributed by atoms with Crippen LogP contribution in [-0.2, 0) is 45.7 Å². The first-order valence-corrected chi connectivity index (χ1v) is 20.8. The summed E-state index contributed by atoms with van der Waals surface area (Å²) in [4.78, 5) is 3.16. The summed E-state index contributed by atoms with van der Waals surface area (Å²) in [6.07, 6.45) is -3.29. The van der Waals surface area contributed by atoms with Gasteiger partial charge in [-0.25, -0.2) is 26.0 Å². The molecule has 0 spiro atoms. The van der Waals surface area contributed by atoms with Gasteiger partial charge in [0, 0.05) is 36.7 Å². The van der Waals surface area contributed by atoms with Gasteiger partial charge in [-0.2, -0.15) is 26.3 Å². The molecule has 0 fully saturated rings. The molecule has 0 N–H and O–H groups in total. The number of hydrogen-bond acceptors (Lipinski definition) is 8. The molecule has 0 bridgehead atoms. The minimum Gasteiger partial charge on any atom is -0.748 e. The Bertz CT molecular complexity index is 2420. The van der Waals surface area contributed by atoms with Gasteiger partial charge in [0.05, 0.1) is 60.9 Å². The van der Waals surface area contributed by atoms with Gasteiger partial charge in [-0.05, 0) is 74.2 Å². The Balaban J connectivity index is 0.00000720. The zero-order valence-corrected chi connectivity index (χ0v) is 35.3. The SMILES string of the molecule is CCN1\C(=C/C=C(/C=C/c2n(CCCS(=O)(=O)[O-])c3cc(C(F)(F)F)ccc3[n+]2CC)c2ccccc2)N(CCCS(=O)(=O)[O-])c2cc(C(F)(F)F)c(Cl)cc21.[Na+]. The van der Waals surface area contributed by atoms with Crippen molar-refractivity contribution in [1.82, 2.24) is 4.57 Å². The van der Waals surface area contributed by atoms with E-state index in [1.54, 1.807) is 78.0 Å². The zero-order chi connectivity index (χ0) is 41.2. The molecule has 5 rings (SSSR count). The van der Waals surface area contributed by atoms with Crippen LogP contribution in [0.3, 0.4) is 0 Å². The van der Waals surface area contributed by atoms with Crippen molar-refractivity contribution >= 4 is 65.9 Å². The Hall–Kier alpha value is -3.36. The van der Waals surface area contributed by atoms with E-state index in [1.165, 1.54) is 21.6 Å². The summed E-state index contributed by atoms with van der Waals surface area (Å²) >= 11 is 6.10. The number of alkyl halides is 6. The van der Waals surface area contributed by atoms with Gasteiger partial charge < -0.3 is 18.9 Å². The Morgan fingerprint density at radius 1 is 0.825 bits per heavy atom. The van der Waals surface area contributed by atoms with Crippen molar-refractivity contribution in [2.45, 2.75) is 52.1 Å². The van der Waals surface area contributed by atoms with Crippen molar-refractivity contribution in [1.29, 1.82) is 0 Å². The van der Waals surface area contributed by atoms with Gasteiger partial charge >= 0.3 is 41.9 Å². The van der Waals surface area contributed by atoms with Gasteiger partial charge in [0.1, 0.15) is 5.82 Å². The Morgan fingerprint density at radius 2 is 1.44 bits per heavy atom. The number of nitrogens with zero attached hydrogens (tertiary/aromatic N) is 4. The molecule has 1 aliphatic rings. The third-order valence-electron chi connectivity index (χ3n) is 9.06. The third-order valence-corrected chi connectivity index (χ3v) is 10.9. The van der Waals surface area contributed by atoms with Gasteiger partial charge in [-0.15, -0.1) is 0 Å². The van der Waals surface area contributed by atoms with Crippen LogP contribution in [0.1, 0.15) is 49.2 Å². The number of benzene rings is 3. The number of aryl methyl sites for hydroxylation is 2. The monoisotopic (exact) mass is 868 g/mol. The van der Waals surface area contributed by atoms with Crippen molar-refractivity contribution in [3.8, 4) is 0 Å². The number of rotatable bonds is 14. The quantitative estimate of drug-likeness (QED) is 0.0582. The van der Waals surface area contributed by atoms with Crippen LogP contribution < -0.4 is 43.9 Å². The molecule has 1 aliphatic heterocycles. The van der Waals surface area contributed by atoms with Gasteiger partial charge in [-0.3, -0.25) is 0 Å². The van der Waals surface area contributed by atoms with Crippen LogP contribution in [-0.4, -0.2) is 55.1 Å². The maximum Gasteiger partial charge on any atom is 1.00 e. The third kappa shape index (κ3) is 11.2. The molecule has 20 heteroatoms. The molecule has 57 heavy (non-hydrogen) atoms. The van der Waals surface area contributed by atoms with E-state index in [0.717, 1.165) is 18.2 Å². The Labute approximate surface area is 353 Å². The molecule has 10 nitrogen and oxygen atoms in total. The molecule has 0 amide bonds. The minimum atomic E-state index is -4.81. The zero-order valence-electron chi connectivity index (χ0n) is 30.9. The van der Waals surface area contributed by atoms with E-state index in [0.29, 0.717) is 40.5 Å². The molecule has 0 saturated carbocycles. The van der Waals surface area contributed by atoms with Gasteiger partial charge in [0.2, 0.25) is 0 Å². The summed E-state index contributed by atoms with van der Waals surface area (Å²) in [5, 5.41) is -0.545. The second kappa shape index (κ2) is 18.3. The second-order valence-electron chi connectivity index (χ2n) is 12.7. The topological polar surface area (TPSA) is 130 Å². The number of imidazole rings is 1. The van der Waals surface area contributed by atoms with E-state index in [9.17, 15) is 52.3 Å². The molecule has 0 atom stereocenters. The number of aromatic nitrogens is 2. The molecule has 2 heterocycles. The predicted molar refractivity (Wildman–Crippen MR) is 200 cm³/mol. The smallest absolute Gasteiger partial charge is 0.748 e. The molecule has 0 aliphatic carbocycles. The molecule has 1 aromatic heterocycles. The average Bonchev–Trinajstić information content (AvgIpc) is 3.55. The predicted octanol–water partition coefficient (Wildman–Crippen LogP) is 4.80. The maximum atomic E-state index is 14.0. The van der Waals surface area contributed by atoms with Crippen molar-refractivity contribution in [2.75, 3.05) is 34.4 Å². The number of allylic oxidation sites excluding steroid dienone is 4. The summed E-state index contributed by atoms with van der Waals surface area (Å²) in [6.45, 7) is 3.82. The number of anilines is 2. The van der Waals surface area contributed by atoms with Crippen LogP contribution >= 0.6 is 11.6 Å². The molecular weight excluding hydrogens is 833 g/mol. The van der Waals surface area contributed by atoms with Crippen molar-refractivity contribution in [3.63, 3.8) is 0 Å². The molecular formula is C37H36ClF6N4NaO6S2. The Morgan fingerprint density at radius 3 is 2.00 bits per heavy atom. The van der Waals surface area contributed by atoms with Crippen molar-refractivity contribution < 1.29 is 86.4 Å². The fourth-order valence-corrected chi connectivity index (χ4v) is 7.86. The first kappa shape index (κ1) is 46.3. The van der Waals surface area contributed by atoms with Crippen LogP contribution in [0.2, 0.25) is 5.02 Å². The molecule has 0 saturated heterocycles. The minimum absolute atomic E-state index is 0. The molecule has 3 aromatic carbocycles. The standard InChI is InChI=1S/C37H37ClF6N4O6S2.Na/c1-3-45-30-15-14-27(36(39,40)41)22-31(30)47(18-8-20-55(49,50)51)34(45)16-12-26(25-10-6-5-7-11-25)13-17-35-46(4-2)33-24-29(38)28(37(42,43)44)23-32(33)48(35)19-9-21-56(52,53)54;/h5-7,10-17,22-24H,3-4,8-9,18-21H2,1-2H3,(H-,49,50,51,52,53,54);/q;+1/p-1. The fourth-order valence-electron chi connectivity index (χ4n) is 6.63. The largest absolute Gasteiger partial charge is 1.00 e. The summed E-state index contributed by atoms with van der Waals surface area (Å²) in [6, 6.07) is 14.1. The normalized spacial score (nSPS) is 14.9. The molecule has 4 aromatic rings. The van der Waals surface area contributed by atoms with E-state index in [2.05, 4.69) is 0 Å². The summed E-state index contributed by atoms with van der Waals surface area (Å²) in [5.74, 6) is -0.771. The van der Waals surface area contributed by atoms with Crippen LogP contribution in [0.25, 0.3) is 22.7 Å². The number of fused-ring (bicyclic) bond motifs is 2. The van der Waals surface area contributed by atoms with Gasteiger partial charge in [-0.1, -0.05) is 48.0 Å². The van der Waals surface area contributed by atoms with Gasteiger partial charge in [0.25, 0.3) is 5.82 Å². The van der Waals surface area contributed by atoms with E-state index in [4.69, 9.17) is 11.6 Å². The van der Waals surface area contributed by atoms with Crippen molar-refractivity contribution in [2.24, 2.45) is 0 Å². The molecule has 0 radical (unpaired) electrons. The summed E-state index contributed by atoms with van der Waals surface area (Å²) in [5.41, 5.74) is 0.157. The van der Waals surface area contributed by atoms with Crippen LogP contribution in [0, 0.1) is 0 Å².